The molecule has 3 aromatic rings. The number of nitrogens with zero attached hydrogens (tertiary/aromatic N) is 1. The molecule has 1 aromatic heterocycles. The van der Waals surface area contributed by atoms with Crippen LogP contribution in [-0.4, -0.2) is 20.5 Å². The molecule has 0 saturated heterocycles. The Bertz CT molecular complexity index is 1180. The van der Waals surface area contributed by atoms with Crippen LogP contribution in [0, 0.1) is 10.1 Å². The van der Waals surface area contributed by atoms with Gasteiger partial charge in [-0.05, 0) is 43.5 Å². The lowest BCUT2D eigenvalue weighted by atomic mass is 9.96. The molecule has 146 valence electrons. The highest BCUT2D eigenvalue weighted by Crippen LogP contribution is 2.35. The number of nitro groups is 1. The minimum absolute atomic E-state index is 0.141. The highest BCUT2D eigenvalue weighted by atomic mass is 32.2. The van der Waals surface area contributed by atoms with Gasteiger partial charge >= 0.3 is 10.1 Å². The fourth-order valence-corrected chi connectivity index (χ4v) is 4.51. The van der Waals surface area contributed by atoms with Crippen molar-refractivity contribution in [3.63, 3.8) is 0 Å². The highest BCUT2D eigenvalue weighted by molar-refractivity contribution is 7.87. The summed E-state index contributed by atoms with van der Waals surface area (Å²) in [6.07, 6.45) is 3.89. The molecular formula is C19H17NO7S. The van der Waals surface area contributed by atoms with E-state index in [0.717, 1.165) is 60.6 Å². The zero-order chi connectivity index (χ0) is 19.9. The van der Waals surface area contributed by atoms with Crippen LogP contribution in [0.3, 0.4) is 0 Å². The van der Waals surface area contributed by atoms with E-state index in [1.807, 2.05) is 0 Å². The van der Waals surface area contributed by atoms with Crippen molar-refractivity contribution in [3.8, 4) is 11.5 Å². The average Bonchev–Trinajstić information content (AvgIpc) is 3.05. The number of aryl methyl sites for hydroxylation is 2. The largest absolute Gasteiger partial charge is 0.495 e. The van der Waals surface area contributed by atoms with Crippen LogP contribution in [0.1, 0.15) is 24.2 Å². The lowest BCUT2D eigenvalue weighted by Gasteiger charge is -2.11. The van der Waals surface area contributed by atoms with Crippen LogP contribution >= 0.6 is 0 Å². The summed E-state index contributed by atoms with van der Waals surface area (Å²) in [4.78, 5) is 9.99. The van der Waals surface area contributed by atoms with Crippen molar-refractivity contribution in [2.75, 3.05) is 7.11 Å². The Balaban J connectivity index is 1.71. The van der Waals surface area contributed by atoms with Gasteiger partial charge in [0.2, 0.25) is 0 Å². The second-order valence-electron chi connectivity index (χ2n) is 6.50. The van der Waals surface area contributed by atoms with Crippen molar-refractivity contribution in [2.45, 2.75) is 30.6 Å². The first-order valence-electron chi connectivity index (χ1n) is 8.70. The van der Waals surface area contributed by atoms with Crippen LogP contribution < -0.4 is 8.92 Å². The molecule has 8 nitrogen and oxygen atoms in total. The summed E-state index contributed by atoms with van der Waals surface area (Å²) in [5, 5.41) is 11.7. The van der Waals surface area contributed by atoms with Crippen LogP contribution in [-0.2, 0) is 23.0 Å². The van der Waals surface area contributed by atoms with Gasteiger partial charge in [-0.3, -0.25) is 10.1 Å². The van der Waals surface area contributed by atoms with Gasteiger partial charge in [0.25, 0.3) is 5.69 Å². The Labute approximate surface area is 160 Å². The van der Waals surface area contributed by atoms with Crippen LogP contribution in [0.15, 0.2) is 45.7 Å². The Morgan fingerprint density at radius 3 is 2.64 bits per heavy atom. The molecule has 9 heteroatoms. The van der Waals surface area contributed by atoms with Crippen molar-refractivity contribution in [1.29, 1.82) is 0 Å². The summed E-state index contributed by atoms with van der Waals surface area (Å²) in [5.41, 5.74) is 1.52. The first-order valence-corrected chi connectivity index (χ1v) is 10.1. The first kappa shape index (κ1) is 18.3. The number of nitro benzene ring substituents is 1. The van der Waals surface area contributed by atoms with Crippen molar-refractivity contribution in [2.24, 2.45) is 0 Å². The van der Waals surface area contributed by atoms with Crippen LogP contribution in [0.5, 0.6) is 11.5 Å². The fourth-order valence-electron chi connectivity index (χ4n) is 3.44. The van der Waals surface area contributed by atoms with Gasteiger partial charge in [0.1, 0.15) is 27.7 Å². The molecule has 0 bridgehead atoms. The van der Waals surface area contributed by atoms with Crippen LogP contribution in [0.2, 0.25) is 0 Å². The second kappa shape index (κ2) is 6.83. The molecule has 1 aliphatic rings. The molecule has 1 heterocycles. The molecule has 0 atom stereocenters. The predicted octanol–water partition coefficient (Wildman–Crippen LogP) is 4.00. The maximum absolute atomic E-state index is 12.7. The second-order valence-corrected chi connectivity index (χ2v) is 8.01. The molecule has 0 saturated carbocycles. The van der Waals surface area contributed by atoms with E-state index in [1.165, 1.54) is 13.2 Å². The summed E-state index contributed by atoms with van der Waals surface area (Å²) in [7, 11) is -3.01. The summed E-state index contributed by atoms with van der Waals surface area (Å²) in [6, 6.07) is 8.10. The van der Waals surface area contributed by atoms with Crippen LogP contribution in [0.25, 0.3) is 11.0 Å². The maximum atomic E-state index is 12.7. The Kier molecular flexibility index (Phi) is 4.46. The van der Waals surface area contributed by atoms with E-state index in [1.54, 1.807) is 12.1 Å². The molecular weight excluding hydrogens is 386 g/mol. The van der Waals surface area contributed by atoms with Gasteiger partial charge in [-0.25, -0.2) is 0 Å². The van der Waals surface area contributed by atoms with Crippen molar-refractivity contribution < 1.29 is 26.7 Å². The number of non-ortho nitro benzene ring substituents is 1. The zero-order valence-corrected chi connectivity index (χ0v) is 15.8. The topological polar surface area (TPSA) is 109 Å². The van der Waals surface area contributed by atoms with Crippen molar-refractivity contribution in [3.05, 3.63) is 57.8 Å². The molecule has 0 fully saturated rings. The minimum atomic E-state index is -4.25. The third-order valence-electron chi connectivity index (χ3n) is 4.76. The number of fused-ring (bicyclic) bond motifs is 3. The third-order valence-corrected chi connectivity index (χ3v) is 6.05. The molecule has 28 heavy (non-hydrogen) atoms. The van der Waals surface area contributed by atoms with Gasteiger partial charge in [0, 0.05) is 23.4 Å². The molecule has 0 N–H and O–H groups in total. The maximum Gasteiger partial charge on any atom is 0.342 e. The molecule has 2 aromatic carbocycles. The van der Waals surface area contributed by atoms with Crippen molar-refractivity contribution in [1.82, 2.24) is 0 Å². The number of hydrogen-bond donors (Lipinski definition) is 0. The van der Waals surface area contributed by atoms with E-state index in [2.05, 4.69) is 0 Å². The van der Waals surface area contributed by atoms with Gasteiger partial charge in [0.15, 0.2) is 0 Å². The molecule has 4 rings (SSSR count). The highest BCUT2D eigenvalue weighted by Gasteiger charge is 2.25. The lowest BCUT2D eigenvalue weighted by molar-refractivity contribution is -0.385. The van der Waals surface area contributed by atoms with Crippen LogP contribution in [0.4, 0.5) is 5.69 Å². The van der Waals surface area contributed by atoms with E-state index in [4.69, 9.17) is 13.3 Å². The summed E-state index contributed by atoms with van der Waals surface area (Å²) < 4.78 is 41.6. The lowest BCUT2D eigenvalue weighted by Crippen LogP contribution is -2.11. The Morgan fingerprint density at radius 2 is 1.89 bits per heavy atom. The quantitative estimate of drug-likeness (QED) is 0.360. The molecule has 0 amide bonds. The number of hydrogen-bond acceptors (Lipinski definition) is 7. The van der Waals surface area contributed by atoms with Gasteiger partial charge < -0.3 is 13.3 Å². The number of ether oxygens (including phenoxy) is 1. The van der Waals surface area contributed by atoms with Gasteiger partial charge in [-0.1, -0.05) is 0 Å². The van der Waals surface area contributed by atoms with Gasteiger partial charge in [-0.2, -0.15) is 8.42 Å². The van der Waals surface area contributed by atoms with E-state index < -0.39 is 15.0 Å². The monoisotopic (exact) mass is 403 g/mol. The molecule has 1 aliphatic carbocycles. The predicted molar refractivity (Wildman–Crippen MR) is 100 cm³/mol. The molecule has 0 aliphatic heterocycles. The Morgan fingerprint density at radius 1 is 1.11 bits per heavy atom. The van der Waals surface area contributed by atoms with E-state index in [-0.39, 0.29) is 22.1 Å². The standard InChI is InChI=1S/C19H17NO7S/c1-25-18-10-12(20(21)22)6-9-19(18)28(23,24)27-13-7-8-17-15(11-13)14-4-2-3-5-16(14)26-17/h6-11H,2-5H2,1H3. The van der Waals surface area contributed by atoms with Gasteiger partial charge in [-0.15, -0.1) is 0 Å². The molecule has 0 unspecified atom stereocenters. The number of furan rings is 1. The third kappa shape index (κ3) is 3.18. The fraction of sp³-hybridized carbons (Fsp3) is 0.263. The summed E-state index contributed by atoms with van der Waals surface area (Å²) in [5.74, 6) is 0.927. The zero-order valence-electron chi connectivity index (χ0n) is 15.0. The smallest absolute Gasteiger partial charge is 0.342 e. The summed E-state index contributed by atoms with van der Waals surface area (Å²) in [6.45, 7) is 0. The summed E-state index contributed by atoms with van der Waals surface area (Å²) >= 11 is 0. The normalized spacial score (nSPS) is 13.9. The number of methoxy groups -OCH3 is 1. The average molecular weight is 403 g/mol. The van der Waals surface area contributed by atoms with Gasteiger partial charge in [0.05, 0.1) is 18.1 Å². The molecule has 0 spiro atoms. The Hall–Kier alpha value is -3.07. The van der Waals surface area contributed by atoms with E-state index >= 15 is 0 Å². The van der Waals surface area contributed by atoms with E-state index in [9.17, 15) is 18.5 Å². The van der Waals surface area contributed by atoms with E-state index in [0.29, 0.717) is 5.58 Å². The number of benzene rings is 2. The minimum Gasteiger partial charge on any atom is -0.495 e. The SMILES string of the molecule is COc1cc([N+](=O)[O-])ccc1S(=O)(=O)Oc1ccc2oc3c(c2c1)CCCC3. The first-order chi connectivity index (χ1) is 13.4. The number of rotatable bonds is 5. The molecule has 0 radical (unpaired) electrons. The van der Waals surface area contributed by atoms with Crippen molar-refractivity contribution >= 4 is 26.8 Å².